The molecule has 0 aliphatic rings. The predicted octanol–water partition coefficient (Wildman–Crippen LogP) is 4.56. The quantitative estimate of drug-likeness (QED) is 0.674. The molecule has 0 unspecified atom stereocenters. The number of alkyl carbamates (subject to hydrolysis) is 1. The number of rotatable bonds is 6. The van der Waals surface area contributed by atoms with Crippen LogP contribution >= 0.6 is 0 Å². The largest absolute Gasteiger partial charge is 0.497 e. The highest BCUT2D eigenvalue weighted by Crippen LogP contribution is 2.40. The minimum absolute atomic E-state index is 0.0432. The normalized spacial score (nSPS) is 12.6. The molecule has 0 heterocycles. The second-order valence-corrected chi connectivity index (χ2v) is 8.08. The molecule has 9 heteroatoms. The molecule has 0 spiro atoms. The summed E-state index contributed by atoms with van der Waals surface area (Å²) in [5.74, 6) is -0.426. The number of methoxy groups -OCH3 is 1. The van der Waals surface area contributed by atoms with Crippen molar-refractivity contribution in [2.45, 2.75) is 45.0 Å². The van der Waals surface area contributed by atoms with Gasteiger partial charge >= 0.3 is 12.3 Å². The molecule has 2 aromatic carbocycles. The number of alkyl halides is 3. The van der Waals surface area contributed by atoms with Crippen molar-refractivity contribution in [1.82, 2.24) is 10.6 Å². The number of likely N-dealkylation sites (N-methyl/N-ethyl adjacent to an activating group) is 1. The van der Waals surface area contributed by atoms with Crippen LogP contribution in [-0.2, 0) is 22.1 Å². The third kappa shape index (κ3) is 6.63. The van der Waals surface area contributed by atoms with Crippen LogP contribution in [0.5, 0.6) is 5.75 Å². The Morgan fingerprint density at radius 1 is 1.03 bits per heavy atom. The van der Waals surface area contributed by atoms with E-state index in [9.17, 15) is 22.8 Å². The fourth-order valence-corrected chi connectivity index (χ4v) is 3.13. The summed E-state index contributed by atoms with van der Waals surface area (Å²) in [5, 5.41) is 4.96. The highest BCUT2D eigenvalue weighted by atomic mass is 19.4. The molecular weight excluding hydrogens is 425 g/mol. The Kier molecular flexibility index (Phi) is 7.77. The van der Waals surface area contributed by atoms with E-state index in [0.29, 0.717) is 11.1 Å². The molecule has 174 valence electrons. The molecule has 0 radical (unpaired) electrons. The maximum absolute atomic E-state index is 13.8. The molecule has 2 rings (SSSR count). The van der Waals surface area contributed by atoms with Crippen LogP contribution in [0.1, 0.15) is 31.9 Å². The Labute approximate surface area is 185 Å². The molecule has 1 atom stereocenters. The Morgan fingerprint density at radius 2 is 1.69 bits per heavy atom. The number of amides is 2. The topological polar surface area (TPSA) is 76.7 Å². The van der Waals surface area contributed by atoms with Gasteiger partial charge in [0.15, 0.2) is 0 Å². The lowest BCUT2D eigenvalue weighted by Crippen LogP contribution is -2.48. The van der Waals surface area contributed by atoms with E-state index in [0.717, 1.165) is 6.07 Å². The van der Waals surface area contributed by atoms with Crippen molar-refractivity contribution in [1.29, 1.82) is 0 Å². The van der Waals surface area contributed by atoms with Gasteiger partial charge in [-0.25, -0.2) is 4.79 Å². The predicted molar refractivity (Wildman–Crippen MR) is 114 cm³/mol. The van der Waals surface area contributed by atoms with E-state index in [2.05, 4.69) is 10.6 Å². The van der Waals surface area contributed by atoms with Crippen LogP contribution in [0, 0.1) is 0 Å². The van der Waals surface area contributed by atoms with E-state index in [1.807, 2.05) is 0 Å². The van der Waals surface area contributed by atoms with Gasteiger partial charge in [0.1, 0.15) is 17.4 Å². The molecule has 2 amide bonds. The monoisotopic (exact) mass is 452 g/mol. The van der Waals surface area contributed by atoms with E-state index in [1.54, 1.807) is 45.0 Å². The number of hydrogen-bond donors (Lipinski definition) is 2. The summed E-state index contributed by atoms with van der Waals surface area (Å²) in [6.45, 7) is 5.04. The van der Waals surface area contributed by atoms with Crippen LogP contribution in [0.25, 0.3) is 11.1 Å². The molecular formula is C23H27F3N2O4. The van der Waals surface area contributed by atoms with Gasteiger partial charge in [-0.15, -0.1) is 0 Å². The molecule has 0 fully saturated rings. The van der Waals surface area contributed by atoms with Crippen LogP contribution in [0.4, 0.5) is 18.0 Å². The minimum atomic E-state index is -4.62. The van der Waals surface area contributed by atoms with Gasteiger partial charge in [0.05, 0.1) is 12.7 Å². The van der Waals surface area contributed by atoms with Gasteiger partial charge in [0.2, 0.25) is 5.91 Å². The minimum Gasteiger partial charge on any atom is -0.497 e. The highest BCUT2D eigenvalue weighted by molar-refractivity contribution is 5.86. The van der Waals surface area contributed by atoms with Crippen molar-refractivity contribution < 1.29 is 32.2 Å². The number of carbonyl (C=O) groups excluding carboxylic acids is 2. The van der Waals surface area contributed by atoms with E-state index >= 15 is 0 Å². The first-order valence-corrected chi connectivity index (χ1v) is 9.90. The molecule has 0 bridgehead atoms. The van der Waals surface area contributed by atoms with Crippen molar-refractivity contribution in [3.63, 3.8) is 0 Å². The maximum Gasteiger partial charge on any atom is 0.417 e. The van der Waals surface area contributed by atoms with Gasteiger partial charge in [-0.2, -0.15) is 13.2 Å². The second kappa shape index (κ2) is 9.93. The second-order valence-electron chi connectivity index (χ2n) is 8.08. The van der Waals surface area contributed by atoms with Crippen molar-refractivity contribution >= 4 is 12.0 Å². The van der Waals surface area contributed by atoms with E-state index in [-0.39, 0.29) is 17.7 Å². The lowest BCUT2D eigenvalue weighted by Gasteiger charge is -2.24. The van der Waals surface area contributed by atoms with Gasteiger partial charge < -0.3 is 20.1 Å². The Morgan fingerprint density at radius 3 is 2.25 bits per heavy atom. The summed E-state index contributed by atoms with van der Waals surface area (Å²) in [7, 11) is 2.70. The Hall–Kier alpha value is -3.23. The standard InChI is InChI=1S/C23H27F3N2O4/c1-22(2,3)32-21(30)28-19(20(29)27-4)12-14-8-6-7-9-16(14)17-11-10-15(31-5)13-18(17)23(24,25)26/h6-11,13,19H,12H2,1-5H3,(H,27,29)(H,28,30)/t19-/m0/s1. The van der Waals surface area contributed by atoms with Crippen molar-refractivity contribution in [3.8, 4) is 16.9 Å². The fraction of sp³-hybridized carbons (Fsp3) is 0.391. The molecule has 0 saturated carbocycles. The van der Waals surface area contributed by atoms with Crippen molar-refractivity contribution in [3.05, 3.63) is 53.6 Å². The first-order valence-electron chi connectivity index (χ1n) is 9.90. The number of benzene rings is 2. The number of nitrogens with one attached hydrogen (secondary N) is 2. The molecule has 0 saturated heterocycles. The summed E-state index contributed by atoms with van der Waals surface area (Å²) < 4.78 is 51.5. The molecule has 0 aliphatic heterocycles. The van der Waals surface area contributed by atoms with Crippen molar-refractivity contribution in [2.75, 3.05) is 14.2 Å². The molecule has 0 aliphatic carbocycles. The van der Waals surface area contributed by atoms with Crippen LogP contribution < -0.4 is 15.4 Å². The van der Waals surface area contributed by atoms with Gasteiger partial charge in [-0.05, 0) is 49.6 Å². The fourth-order valence-electron chi connectivity index (χ4n) is 3.13. The molecule has 32 heavy (non-hydrogen) atoms. The average Bonchev–Trinajstić information content (AvgIpc) is 2.70. The van der Waals surface area contributed by atoms with E-state index in [1.165, 1.54) is 26.3 Å². The van der Waals surface area contributed by atoms with Gasteiger partial charge in [-0.1, -0.05) is 30.3 Å². The highest BCUT2D eigenvalue weighted by Gasteiger charge is 2.35. The first-order chi connectivity index (χ1) is 14.9. The zero-order valence-corrected chi connectivity index (χ0v) is 18.6. The third-order valence-corrected chi connectivity index (χ3v) is 4.52. The number of carbonyl (C=O) groups is 2. The maximum atomic E-state index is 13.8. The number of ether oxygens (including phenoxy) is 2. The zero-order chi connectivity index (χ0) is 24.1. The molecule has 0 aromatic heterocycles. The molecule has 6 nitrogen and oxygen atoms in total. The Balaban J connectivity index is 2.47. The van der Waals surface area contributed by atoms with Gasteiger partial charge in [0.25, 0.3) is 0 Å². The zero-order valence-electron chi connectivity index (χ0n) is 18.6. The lowest BCUT2D eigenvalue weighted by molar-refractivity contribution is -0.137. The van der Waals surface area contributed by atoms with Crippen molar-refractivity contribution in [2.24, 2.45) is 0 Å². The van der Waals surface area contributed by atoms with Gasteiger partial charge in [0, 0.05) is 13.5 Å². The van der Waals surface area contributed by atoms with E-state index in [4.69, 9.17) is 9.47 Å². The summed E-state index contributed by atoms with van der Waals surface area (Å²) in [6, 6.07) is 9.08. The summed E-state index contributed by atoms with van der Waals surface area (Å²) in [6.07, 6.45) is -5.46. The molecule has 2 aromatic rings. The average molecular weight is 452 g/mol. The van der Waals surface area contributed by atoms with Crippen LogP contribution in [0.3, 0.4) is 0 Å². The van der Waals surface area contributed by atoms with Crippen LogP contribution in [0.2, 0.25) is 0 Å². The van der Waals surface area contributed by atoms with E-state index < -0.39 is 35.4 Å². The van der Waals surface area contributed by atoms with Gasteiger partial charge in [-0.3, -0.25) is 4.79 Å². The third-order valence-electron chi connectivity index (χ3n) is 4.52. The number of halogens is 3. The lowest BCUT2D eigenvalue weighted by atomic mass is 9.91. The summed E-state index contributed by atoms with van der Waals surface area (Å²) >= 11 is 0. The Bertz CT molecular complexity index is 968. The smallest absolute Gasteiger partial charge is 0.417 e. The van der Waals surface area contributed by atoms with Crippen LogP contribution in [-0.4, -0.2) is 37.8 Å². The summed E-state index contributed by atoms with van der Waals surface area (Å²) in [4.78, 5) is 24.6. The van der Waals surface area contributed by atoms with Crippen LogP contribution in [0.15, 0.2) is 42.5 Å². The molecule has 2 N–H and O–H groups in total. The SMILES string of the molecule is CNC(=O)[C@H](Cc1ccccc1-c1ccc(OC)cc1C(F)(F)F)NC(=O)OC(C)(C)C. The number of hydrogen-bond acceptors (Lipinski definition) is 4. The summed E-state index contributed by atoms with van der Waals surface area (Å²) in [5.41, 5.74) is -0.946. The first kappa shape index (κ1) is 25.0.